The summed E-state index contributed by atoms with van der Waals surface area (Å²) in [5, 5.41) is 11.6. The van der Waals surface area contributed by atoms with Crippen LogP contribution in [0.2, 0.25) is 5.02 Å². The van der Waals surface area contributed by atoms with Crippen molar-refractivity contribution in [3.05, 3.63) is 35.4 Å². The third-order valence-electron chi connectivity index (χ3n) is 2.41. The summed E-state index contributed by atoms with van der Waals surface area (Å²) in [4.78, 5) is 0. The maximum absolute atomic E-state index is 6.02. The fourth-order valence-corrected chi connectivity index (χ4v) is 1.68. The van der Waals surface area contributed by atoms with Gasteiger partial charge in [-0.05, 0) is 18.2 Å². The molecular formula is C11H13ClN4O. The Bertz CT molecular complexity index is 512. The molecule has 0 bridgehead atoms. The zero-order valence-corrected chi connectivity index (χ0v) is 10.4. The number of ether oxygens (including phenoxy) is 1. The Balaban J connectivity index is 2.05. The van der Waals surface area contributed by atoms with E-state index < -0.39 is 0 Å². The Hall–Kier alpha value is -1.75. The summed E-state index contributed by atoms with van der Waals surface area (Å²) in [5.41, 5.74) is 0.916. The van der Waals surface area contributed by atoms with Crippen LogP contribution in [0.5, 0.6) is 5.75 Å². The number of rotatable bonds is 4. The normalized spacial score (nSPS) is 10.3. The smallest absolute Gasteiger partial charge is 0.151 e. The van der Waals surface area contributed by atoms with E-state index in [2.05, 4.69) is 15.5 Å². The van der Waals surface area contributed by atoms with Crippen LogP contribution in [0.25, 0.3) is 0 Å². The SMILES string of the molecule is COc1ccc(NCc2nncn2C)cc1Cl. The fraction of sp³-hybridized carbons (Fsp3) is 0.273. The second kappa shape index (κ2) is 5.05. The van der Waals surface area contributed by atoms with E-state index in [1.165, 1.54) is 0 Å². The molecule has 17 heavy (non-hydrogen) atoms. The van der Waals surface area contributed by atoms with Crippen LogP contribution in [-0.2, 0) is 13.6 Å². The molecule has 1 aromatic carbocycles. The quantitative estimate of drug-likeness (QED) is 0.905. The molecule has 1 aromatic heterocycles. The largest absolute Gasteiger partial charge is 0.495 e. The molecule has 1 N–H and O–H groups in total. The molecule has 0 aliphatic rings. The van der Waals surface area contributed by atoms with Gasteiger partial charge in [-0.1, -0.05) is 11.6 Å². The van der Waals surface area contributed by atoms with Crippen LogP contribution < -0.4 is 10.1 Å². The minimum Gasteiger partial charge on any atom is -0.495 e. The molecule has 0 spiro atoms. The standard InChI is InChI=1S/C11H13ClN4O/c1-16-7-14-15-11(16)6-13-8-3-4-10(17-2)9(12)5-8/h3-5,7,13H,6H2,1-2H3. The van der Waals surface area contributed by atoms with Gasteiger partial charge in [0, 0.05) is 12.7 Å². The van der Waals surface area contributed by atoms with E-state index in [-0.39, 0.29) is 0 Å². The van der Waals surface area contributed by atoms with Crippen molar-refractivity contribution in [1.82, 2.24) is 14.8 Å². The summed E-state index contributed by atoms with van der Waals surface area (Å²) in [6, 6.07) is 5.54. The van der Waals surface area contributed by atoms with E-state index in [1.807, 2.05) is 29.8 Å². The lowest BCUT2D eigenvalue weighted by atomic mass is 10.3. The molecule has 0 amide bonds. The summed E-state index contributed by atoms with van der Waals surface area (Å²) in [7, 11) is 3.49. The first-order chi connectivity index (χ1) is 8.20. The minimum atomic E-state index is 0.579. The lowest BCUT2D eigenvalue weighted by Crippen LogP contribution is -2.05. The van der Waals surface area contributed by atoms with Crippen molar-refractivity contribution in [2.45, 2.75) is 6.54 Å². The summed E-state index contributed by atoms with van der Waals surface area (Å²) >= 11 is 6.02. The number of hydrogen-bond donors (Lipinski definition) is 1. The van der Waals surface area contributed by atoms with Gasteiger partial charge in [0.1, 0.15) is 12.1 Å². The van der Waals surface area contributed by atoms with Crippen molar-refractivity contribution in [2.24, 2.45) is 7.05 Å². The number of benzene rings is 1. The van der Waals surface area contributed by atoms with E-state index in [4.69, 9.17) is 16.3 Å². The Morgan fingerprint density at radius 2 is 2.29 bits per heavy atom. The van der Waals surface area contributed by atoms with E-state index in [0.29, 0.717) is 17.3 Å². The van der Waals surface area contributed by atoms with Crippen molar-refractivity contribution < 1.29 is 4.74 Å². The van der Waals surface area contributed by atoms with Gasteiger partial charge in [-0.2, -0.15) is 0 Å². The molecule has 0 radical (unpaired) electrons. The summed E-state index contributed by atoms with van der Waals surface area (Å²) in [6.45, 7) is 0.596. The third-order valence-corrected chi connectivity index (χ3v) is 2.70. The van der Waals surface area contributed by atoms with Crippen LogP contribution in [0.3, 0.4) is 0 Å². The van der Waals surface area contributed by atoms with Crippen LogP contribution >= 0.6 is 11.6 Å². The molecule has 5 nitrogen and oxygen atoms in total. The van der Waals surface area contributed by atoms with Crippen LogP contribution in [0.15, 0.2) is 24.5 Å². The number of aryl methyl sites for hydroxylation is 1. The molecule has 0 fully saturated rings. The highest BCUT2D eigenvalue weighted by molar-refractivity contribution is 6.32. The van der Waals surface area contributed by atoms with Crippen LogP contribution in [0.1, 0.15) is 5.82 Å². The molecule has 0 saturated carbocycles. The first-order valence-corrected chi connectivity index (χ1v) is 5.49. The summed E-state index contributed by atoms with van der Waals surface area (Å²) < 4.78 is 6.94. The molecule has 0 unspecified atom stereocenters. The maximum Gasteiger partial charge on any atom is 0.151 e. The minimum absolute atomic E-state index is 0.579. The van der Waals surface area contributed by atoms with Crippen LogP contribution in [-0.4, -0.2) is 21.9 Å². The lowest BCUT2D eigenvalue weighted by Gasteiger charge is -2.08. The first kappa shape index (κ1) is 11.7. The third kappa shape index (κ3) is 2.68. The first-order valence-electron chi connectivity index (χ1n) is 5.11. The summed E-state index contributed by atoms with van der Waals surface area (Å²) in [6.07, 6.45) is 1.66. The highest BCUT2D eigenvalue weighted by Gasteiger charge is 2.03. The topological polar surface area (TPSA) is 52.0 Å². The van der Waals surface area contributed by atoms with Gasteiger partial charge in [-0.15, -0.1) is 10.2 Å². The lowest BCUT2D eigenvalue weighted by molar-refractivity contribution is 0.415. The number of nitrogens with zero attached hydrogens (tertiary/aromatic N) is 3. The highest BCUT2D eigenvalue weighted by atomic mass is 35.5. The average molecular weight is 253 g/mol. The predicted molar refractivity (Wildman–Crippen MR) is 66.3 cm³/mol. The fourth-order valence-electron chi connectivity index (χ4n) is 1.42. The van der Waals surface area contributed by atoms with Gasteiger partial charge in [-0.25, -0.2) is 0 Å². The Kier molecular flexibility index (Phi) is 3.49. The molecular weight excluding hydrogens is 240 g/mol. The number of aromatic nitrogens is 3. The Morgan fingerprint density at radius 3 is 2.88 bits per heavy atom. The zero-order chi connectivity index (χ0) is 12.3. The van der Waals surface area contributed by atoms with E-state index in [1.54, 1.807) is 13.4 Å². The molecule has 0 saturated heterocycles. The Labute approximate surface area is 104 Å². The van der Waals surface area contributed by atoms with Crippen LogP contribution in [0.4, 0.5) is 5.69 Å². The van der Waals surface area contributed by atoms with Gasteiger partial charge in [0.2, 0.25) is 0 Å². The number of nitrogens with one attached hydrogen (secondary N) is 1. The second-order valence-corrected chi connectivity index (χ2v) is 3.97. The van der Waals surface area contributed by atoms with Crippen molar-refractivity contribution in [1.29, 1.82) is 0 Å². The zero-order valence-electron chi connectivity index (χ0n) is 9.64. The monoisotopic (exact) mass is 252 g/mol. The van der Waals surface area contributed by atoms with E-state index >= 15 is 0 Å². The van der Waals surface area contributed by atoms with E-state index in [9.17, 15) is 0 Å². The molecule has 2 rings (SSSR count). The van der Waals surface area contributed by atoms with Gasteiger partial charge in [0.15, 0.2) is 5.82 Å². The number of anilines is 1. The molecule has 6 heteroatoms. The predicted octanol–water partition coefficient (Wildman–Crippen LogP) is 2.09. The van der Waals surface area contributed by atoms with Gasteiger partial charge < -0.3 is 14.6 Å². The van der Waals surface area contributed by atoms with E-state index in [0.717, 1.165) is 11.5 Å². The van der Waals surface area contributed by atoms with Crippen molar-refractivity contribution in [2.75, 3.05) is 12.4 Å². The van der Waals surface area contributed by atoms with Crippen molar-refractivity contribution in [3.8, 4) is 5.75 Å². The van der Waals surface area contributed by atoms with Gasteiger partial charge >= 0.3 is 0 Å². The van der Waals surface area contributed by atoms with Gasteiger partial charge in [-0.3, -0.25) is 0 Å². The average Bonchev–Trinajstić information content (AvgIpc) is 2.72. The number of halogens is 1. The second-order valence-electron chi connectivity index (χ2n) is 3.56. The number of hydrogen-bond acceptors (Lipinski definition) is 4. The summed E-state index contributed by atoms with van der Waals surface area (Å²) in [5.74, 6) is 1.52. The van der Waals surface area contributed by atoms with Crippen LogP contribution in [0, 0.1) is 0 Å². The Morgan fingerprint density at radius 1 is 1.47 bits per heavy atom. The highest BCUT2D eigenvalue weighted by Crippen LogP contribution is 2.27. The molecule has 90 valence electrons. The molecule has 0 aliphatic carbocycles. The number of methoxy groups -OCH3 is 1. The molecule has 0 atom stereocenters. The van der Waals surface area contributed by atoms with Gasteiger partial charge in [0.25, 0.3) is 0 Å². The molecule has 0 aliphatic heterocycles. The maximum atomic E-state index is 6.02. The van der Waals surface area contributed by atoms with Crippen molar-refractivity contribution >= 4 is 17.3 Å². The molecule has 1 heterocycles. The molecule has 2 aromatic rings. The van der Waals surface area contributed by atoms with Crippen molar-refractivity contribution in [3.63, 3.8) is 0 Å². The van der Waals surface area contributed by atoms with Gasteiger partial charge in [0.05, 0.1) is 18.7 Å².